The van der Waals surface area contributed by atoms with E-state index in [1.807, 2.05) is 6.92 Å². The lowest BCUT2D eigenvalue weighted by atomic mass is 10.2. The van der Waals surface area contributed by atoms with Crippen LogP contribution >= 0.6 is 15.9 Å². The summed E-state index contributed by atoms with van der Waals surface area (Å²) in [6.45, 7) is 1.83. The number of nitrogens with one attached hydrogen (secondary N) is 1. The minimum absolute atomic E-state index is 0.0224. The molecule has 0 fully saturated rings. The smallest absolute Gasteiger partial charge is 0.261 e. The van der Waals surface area contributed by atoms with Crippen LogP contribution in [-0.4, -0.2) is 16.8 Å². The molecule has 9 heteroatoms. The fraction of sp³-hybridized carbons (Fsp3) is 0.0769. The molecule has 0 atom stereocenters. The Morgan fingerprint density at radius 2 is 1.59 bits per heavy atom. The van der Waals surface area contributed by atoms with Gasteiger partial charge in [0.1, 0.15) is 4.90 Å². The highest BCUT2D eigenvalue weighted by Gasteiger charge is 2.22. The number of sulfonamides is 2. The number of para-hydroxylation sites is 1. The van der Waals surface area contributed by atoms with Crippen molar-refractivity contribution in [3.8, 4) is 0 Å². The summed E-state index contributed by atoms with van der Waals surface area (Å²) in [4.78, 5) is -0.285. The van der Waals surface area contributed by atoms with E-state index in [9.17, 15) is 16.8 Å². The molecule has 0 radical (unpaired) electrons. The van der Waals surface area contributed by atoms with Gasteiger partial charge in [-0.05, 0) is 47.1 Å². The number of nitrogens with two attached hydrogens (primary N) is 1. The van der Waals surface area contributed by atoms with Gasteiger partial charge in [-0.15, -0.1) is 0 Å². The number of anilines is 1. The van der Waals surface area contributed by atoms with E-state index in [0.717, 1.165) is 5.56 Å². The van der Waals surface area contributed by atoms with Gasteiger partial charge in [0.15, 0.2) is 0 Å². The first kappa shape index (κ1) is 16.9. The Labute approximate surface area is 137 Å². The highest BCUT2D eigenvalue weighted by molar-refractivity contribution is 9.10. The minimum atomic E-state index is -4.07. The van der Waals surface area contributed by atoms with E-state index < -0.39 is 20.0 Å². The van der Waals surface area contributed by atoms with Gasteiger partial charge in [-0.1, -0.05) is 23.8 Å². The number of hydrogen-bond donors (Lipinski definition) is 2. The maximum absolute atomic E-state index is 12.4. The van der Waals surface area contributed by atoms with Crippen molar-refractivity contribution in [1.82, 2.24) is 0 Å². The molecule has 0 saturated carbocycles. The molecule has 6 nitrogen and oxygen atoms in total. The summed E-state index contributed by atoms with van der Waals surface area (Å²) in [5.74, 6) is 0. The van der Waals surface area contributed by atoms with Crippen LogP contribution < -0.4 is 9.86 Å². The van der Waals surface area contributed by atoms with E-state index >= 15 is 0 Å². The molecule has 0 spiro atoms. The molecule has 2 rings (SSSR count). The minimum Gasteiger partial charge on any atom is -0.277 e. The second kappa shape index (κ2) is 5.99. The molecule has 0 aliphatic heterocycles. The number of primary sulfonamides is 1. The van der Waals surface area contributed by atoms with Crippen LogP contribution in [0.25, 0.3) is 0 Å². The summed E-state index contributed by atoms with van der Waals surface area (Å²) in [6, 6.07) is 10.4. The number of rotatable bonds is 4. The lowest BCUT2D eigenvalue weighted by molar-refractivity contribution is 0.598. The van der Waals surface area contributed by atoms with Gasteiger partial charge >= 0.3 is 0 Å². The summed E-state index contributed by atoms with van der Waals surface area (Å²) >= 11 is 3.13. The monoisotopic (exact) mass is 404 g/mol. The van der Waals surface area contributed by atoms with Crippen molar-refractivity contribution in [2.45, 2.75) is 16.7 Å². The molecular formula is C13H13BrN2O4S2. The van der Waals surface area contributed by atoms with Crippen LogP contribution in [0.1, 0.15) is 5.56 Å². The van der Waals surface area contributed by atoms with E-state index in [4.69, 9.17) is 5.14 Å². The van der Waals surface area contributed by atoms with Gasteiger partial charge in [0.2, 0.25) is 10.0 Å². The fourth-order valence-electron chi connectivity index (χ4n) is 1.75. The summed E-state index contributed by atoms with van der Waals surface area (Å²) < 4.78 is 50.5. The lowest BCUT2D eigenvalue weighted by Gasteiger charge is -2.13. The molecule has 0 amide bonds. The van der Waals surface area contributed by atoms with Crippen LogP contribution in [0.5, 0.6) is 0 Å². The van der Waals surface area contributed by atoms with Crippen LogP contribution in [-0.2, 0) is 20.0 Å². The number of hydrogen-bond acceptors (Lipinski definition) is 4. The van der Waals surface area contributed by atoms with Crippen molar-refractivity contribution in [3.63, 3.8) is 0 Å². The first-order valence-corrected chi connectivity index (χ1v) is 9.84. The predicted molar refractivity (Wildman–Crippen MR) is 87.5 cm³/mol. The molecule has 0 saturated heterocycles. The number of aryl methyl sites for hydroxylation is 1. The van der Waals surface area contributed by atoms with Gasteiger partial charge in [0.25, 0.3) is 10.0 Å². The third kappa shape index (κ3) is 3.67. The molecule has 0 bridgehead atoms. The first-order chi connectivity index (χ1) is 10.1. The van der Waals surface area contributed by atoms with Crippen LogP contribution in [0.2, 0.25) is 0 Å². The summed E-state index contributed by atoms with van der Waals surface area (Å²) in [6.07, 6.45) is 0. The third-order valence-electron chi connectivity index (χ3n) is 2.85. The molecule has 0 aromatic heterocycles. The topological polar surface area (TPSA) is 106 Å². The van der Waals surface area contributed by atoms with Gasteiger partial charge in [0, 0.05) is 4.47 Å². The van der Waals surface area contributed by atoms with Gasteiger partial charge in [-0.25, -0.2) is 22.0 Å². The SMILES string of the molecule is Cc1ccc(S(=O)(=O)Nc2c(Br)cccc2S(N)(=O)=O)cc1. The van der Waals surface area contributed by atoms with E-state index in [1.165, 1.54) is 30.3 Å². The Morgan fingerprint density at radius 3 is 2.14 bits per heavy atom. The van der Waals surface area contributed by atoms with Crippen molar-refractivity contribution in [2.75, 3.05) is 4.72 Å². The Hall–Kier alpha value is -1.42. The van der Waals surface area contributed by atoms with Crippen molar-refractivity contribution >= 4 is 41.7 Å². The zero-order chi connectivity index (χ0) is 16.5. The molecule has 0 aliphatic rings. The van der Waals surface area contributed by atoms with Gasteiger partial charge in [-0.2, -0.15) is 0 Å². The van der Waals surface area contributed by atoms with Crippen molar-refractivity contribution in [1.29, 1.82) is 0 Å². The quantitative estimate of drug-likeness (QED) is 0.813. The average molecular weight is 405 g/mol. The Kier molecular flexibility index (Phi) is 4.62. The van der Waals surface area contributed by atoms with E-state index in [0.29, 0.717) is 0 Å². The van der Waals surface area contributed by atoms with Crippen molar-refractivity contribution in [2.24, 2.45) is 5.14 Å². The normalized spacial score (nSPS) is 12.1. The van der Waals surface area contributed by atoms with Crippen LogP contribution in [0.15, 0.2) is 56.7 Å². The Bertz CT molecular complexity index is 908. The Balaban J connectivity index is 2.53. The highest BCUT2D eigenvalue weighted by Crippen LogP contribution is 2.31. The number of benzene rings is 2. The van der Waals surface area contributed by atoms with Crippen molar-refractivity contribution < 1.29 is 16.8 Å². The van der Waals surface area contributed by atoms with Crippen molar-refractivity contribution in [3.05, 3.63) is 52.5 Å². The molecule has 22 heavy (non-hydrogen) atoms. The molecule has 2 aromatic carbocycles. The molecular weight excluding hydrogens is 392 g/mol. The van der Waals surface area contributed by atoms with E-state index in [2.05, 4.69) is 20.7 Å². The third-order valence-corrected chi connectivity index (χ3v) is 5.83. The molecule has 3 N–H and O–H groups in total. The summed E-state index contributed by atoms with van der Waals surface area (Å²) in [5, 5.41) is 5.12. The largest absolute Gasteiger partial charge is 0.277 e. The van der Waals surface area contributed by atoms with Crippen LogP contribution in [0.3, 0.4) is 0 Å². The number of halogens is 1. The van der Waals surface area contributed by atoms with E-state index in [-0.39, 0.29) is 20.0 Å². The maximum atomic E-state index is 12.4. The molecule has 0 aliphatic carbocycles. The zero-order valence-corrected chi connectivity index (χ0v) is 14.7. The lowest BCUT2D eigenvalue weighted by Crippen LogP contribution is -2.19. The summed E-state index contributed by atoms with van der Waals surface area (Å²) in [5.41, 5.74) is 0.788. The van der Waals surface area contributed by atoms with Crippen LogP contribution in [0, 0.1) is 6.92 Å². The molecule has 0 unspecified atom stereocenters. The average Bonchev–Trinajstić information content (AvgIpc) is 2.40. The first-order valence-electron chi connectivity index (χ1n) is 6.02. The van der Waals surface area contributed by atoms with Crippen LogP contribution in [0.4, 0.5) is 5.69 Å². The Morgan fingerprint density at radius 1 is 1.00 bits per heavy atom. The zero-order valence-electron chi connectivity index (χ0n) is 11.4. The predicted octanol–water partition coefficient (Wildman–Crippen LogP) is 2.21. The second-order valence-electron chi connectivity index (χ2n) is 4.58. The maximum Gasteiger partial charge on any atom is 0.261 e. The van der Waals surface area contributed by atoms with Gasteiger partial charge in [-0.3, -0.25) is 4.72 Å². The van der Waals surface area contributed by atoms with E-state index in [1.54, 1.807) is 12.1 Å². The fourth-order valence-corrected chi connectivity index (χ4v) is 4.36. The van der Waals surface area contributed by atoms with Gasteiger partial charge in [0.05, 0.1) is 10.6 Å². The highest BCUT2D eigenvalue weighted by atomic mass is 79.9. The molecule has 118 valence electrons. The summed E-state index contributed by atoms with van der Waals surface area (Å²) in [7, 11) is -8.01. The molecule has 2 aromatic rings. The molecule has 0 heterocycles. The van der Waals surface area contributed by atoms with Gasteiger partial charge < -0.3 is 0 Å². The standard InChI is InChI=1S/C13H13BrN2O4S2/c1-9-5-7-10(8-6-9)22(19,20)16-13-11(14)3-2-4-12(13)21(15,17)18/h2-8,16H,1H3,(H2,15,17,18). The second-order valence-corrected chi connectivity index (χ2v) is 8.64.